The summed E-state index contributed by atoms with van der Waals surface area (Å²) < 4.78 is 5.70. The van der Waals surface area contributed by atoms with Gasteiger partial charge in [0.05, 0.1) is 6.61 Å². The summed E-state index contributed by atoms with van der Waals surface area (Å²) in [6, 6.07) is 4.63. The van der Waals surface area contributed by atoms with E-state index >= 15 is 0 Å². The van der Waals surface area contributed by atoms with E-state index in [1.165, 1.54) is 18.4 Å². The van der Waals surface area contributed by atoms with Crippen LogP contribution in [0.2, 0.25) is 0 Å². The van der Waals surface area contributed by atoms with Crippen LogP contribution < -0.4 is 10.2 Å². The van der Waals surface area contributed by atoms with E-state index in [2.05, 4.69) is 48.2 Å². The molecule has 1 N–H and O–H groups in total. The monoisotopic (exact) mass is 291 g/mol. The fraction of sp³-hybridized carbons (Fsp3) is 0.706. The Morgan fingerprint density at radius 3 is 3.00 bits per heavy atom. The molecule has 1 aliphatic carbocycles. The van der Waals surface area contributed by atoms with Crippen LogP contribution in [-0.4, -0.2) is 38.3 Å². The van der Waals surface area contributed by atoms with Gasteiger partial charge in [0.25, 0.3) is 0 Å². The Morgan fingerprint density at radius 1 is 1.48 bits per heavy atom. The molecule has 0 saturated heterocycles. The van der Waals surface area contributed by atoms with Crippen LogP contribution in [0.4, 0.5) is 5.82 Å². The van der Waals surface area contributed by atoms with Crippen LogP contribution in [0.3, 0.4) is 0 Å². The van der Waals surface area contributed by atoms with Crippen LogP contribution in [0, 0.1) is 5.92 Å². The molecule has 0 bridgehead atoms. The Bertz CT molecular complexity index is 420. The maximum absolute atomic E-state index is 5.70. The molecule has 0 spiro atoms. The Kier molecular flexibility index (Phi) is 6.46. The summed E-state index contributed by atoms with van der Waals surface area (Å²) in [6.45, 7) is 8.03. The largest absolute Gasteiger partial charge is 0.379 e. The van der Waals surface area contributed by atoms with Crippen molar-refractivity contribution in [2.45, 2.75) is 39.2 Å². The zero-order valence-electron chi connectivity index (χ0n) is 13.6. The molecule has 1 aromatic heterocycles. The van der Waals surface area contributed by atoms with E-state index in [9.17, 15) is 0 Å². The summed E-state index contributed by atoms with van der Waals surface area (Å²) in [5.74, 6) is 1.86. The molecule has 1 atom stereocenters. The maximum Gasteiger partial charge on any atom is 0.128 e. The van der Waals surface area contributed by atoms with Crippen LogP contribution in [0.25, 0.3) is 0 Å². The molecule has 2 rings (SSSR count). The highest BCUT2D eigenvalue weighted by molar-refractivity contribution is 5.40. The standard InChI is InChI=1S/C17H29N3O/c1-4-8-18-14(2)16-7-9-19-17(12-16)20(3)10-11-21-13-15-5-6-15/h7,9,12,14-15,18H,4-6,8,10-11,13H2,1-3H3. The number of rotatable bonds is 10. The lowest BCUT2D eigenvalue weighted by Gasteiger charge is -2.20. The summed E-state index contributed by atoms with van der Waals surface area (Å²) in [6.07, 6.45) is 5.75. The molecular formula is C17H29N3O. The van der Waals surface area contributed by atoms with E-state index < -0.39 is 0 Å². The van der Waals surface area contributed by atoms with Gasteiger partial charge in [-0.2, -0.15) is 0 Å². The molecule has 4 heteroatoms. The molecule has 1 aromatic rings. The van der Waals surface area contributed by atoms with Crippen molar-refractivity contribution in [2.24, 2.45) is 5.92 Å². The first kappa shape index (κ1) is 16.2. The number of nitrogens with zero attached hydrogens (tertiary/aromatic N) is 2. The summed E-state index contributed by atoms with van der Waals surface area (Å²) >= 11 is 0. The fourth-order valence-electron chi connectivity index (χ4n) is 2.24. The minimum Gasteiger partial charge on any atom is -0.379 e. The molecule has 1 fully saturated rings. The van der Waals surface area contributed by atoms with Crippen molar-refractivity contribution in [1.29, 1.82) is 0 Å². The third-order valence-electron chi connectivity index (χ3n) is 3.98. The van der Waals surface area contributed by atoms with Crippen LogP contribution in [0.1, 0.15) is 44.7 Å². The van der Waals surface area contributed by atoms with E-state index in [0.29, 0.717) is 6.04 Å². The lowest BCUT2D eigenvalue weighted by atomic mass is 10.1. The smallest absolute Gasteiger partial charge is 0.128 e. The number of aromatic nitrogens is 1. The summed E-state index contributed by atoms with van der Waals surface area (Å²) in [4.78, 5) is 6.64. The molecule has 0 aliphatic heterocycles. The van der Waals surface area contributed by atoms with Crippen molar-refractivity contribution in [2.75, 3.05) is 38.3 Å². The number of anilines is 1. The zero-order valence-corrected chi connectivity index (χ0v) is 13.6. The Morgan fingerprint density at radius 2 is 2.29 bits per heavy atom. The van der Waals surface area contributed by atoms with Gasteiger partial charge in [-0.25, -0.2) is 4.98 Å². The number of nitrogens with one attached hydrogen (secondary N) is 1. The second-order valence-corrected chi connectivity index (χ2v) is 6.06. The van der Waals surface area contributed by atoms with E-state index in [0.717, 1.165) is 44.5 Å². The molecule has 118 valence electrons. The van der Waals surface area contributed by atoms with Gasteiger partial charge in [0.15, 0.2) is 0 Å². The predicted molar refractivity (Wildman–Crippen MR) is 87.8 cm³/mol. The van der Waals surface area contributed by atoms with Gasteiger partial charge >= 0.3 is 0 Å². The highest BCUT2D eigenvalue weighted by atomic mass is 16.5. The van der Waals surface area contributed by atoms with Gasteiger partial charge in [-0.3, -0.25) is 0 Å². The van der Waals surface area contributed by atoms with Crippen molar-refractivity contribution in [3.8, 4) is 0 Å². The van der Waals surface area contributed by atoms with Crippen molar-refractivity contribution in [3.63, 3.8) is 0 Å². The fourth-order valence-corrected chi connectivity index (χ4v) is 2.24. The first-order valence-electron chi connectivity index (χ1n) is 8.19. The molecule has 4 nitrogen and oxygen atoms in total. The molecular weight excluding hydrogens is 262 g/mol. The van der Waals surface area contributed by atoms with Gasteiger partial charge in [0.2, 0.25) is 0 Å². The van der Waals surface area contributed by atoms with E-state index in [1.807, 2.05) is 6.20 Å². The Hall–Kier alpha value is -1.13. The van der Waals surface area contributed by atoms with Crippen molar-refractivity contribution in [3.05, 3.63) is 23.9 Å². The second-order valence-electron chi connectivity index (χ2n) is 6.06. The summed E-state index contributed by atoms with van der Waals surface area (Å²) in [5, 5.41) is 3.52. The summed E-state index contributed by atoms with van der Waals surface area (Å²) in [7, 11) is 2.08. The summed E-state index contributed by atoms with van der Waals surface area (Å²) in [5.41, 5.74) is 1.29. The highest BCUT2D eigenvalue weighted by Crippen LogP contribution is 2.28. The van der Waals surface area contributed by atoms with Gasteiger partial charge in [-0.05, 0) is 56.3 Å². The minimum atomic E-state index is 0.367. The zero-order chi connectivity index (χ0) is 15.1. The first-order chi connectivity index (χ1) is 10.2. The minimum absolute atomic E-state index is 0.367. The SMILES string of the molecule is CCCNC(C)c1ccnc(N(C)CCOCC2CC2)c1. The highest BCUT2D eigenvalue weighted by Gasteiger charge is 2.21. The van der Waals surface area contributed by atoms with Crippen molar-refractivity contribution in [1.82, 2.24) is 10.3 Å². The first-order valence-corrected chi connectivity index (χ1v) is 8.19. The van der Waals surface area contributed by atoms with Gasteiger partial charge in [-0.1, -0.05) is 6.92 Å². The van der Waals surface area contributed by atoms with Gasteiger partial charge < -0.3 is 15.0 Å². The van der Waals surface area contributed by atoms with E-state index in [1.54, 1.807) is 0 Å². The molecule has 0 amide bonds. The molecule has 1 unspecified atom stereocenters. The maximum atomic E-state index is 5.70. The lowest BCUT2D eigenvalue weighted by Crippen LogP contribution is -2.25. The van der Waals surface area contributed by atoms with Crippen LogP contribution in [-0.2, 0) is 4.74 Å². The van der Waals surface area contributed by atoms with Gasteiger partial charge in [-0.15, -0.1) is 0 Å². The second kappa shape index (κ2) is 8.35. The van der Waals surface area contributed by atoms with E-state index in [-0.39, 0.29) is 0 Å². The molecule has 0 aromatic carbocycles. The normalized spacial score (nSPS) is 16.0. The predicted octanol–water partition coefficient (Wildman–Crippen LogP) is 3.01. The average Bonchev–Trinajstić information content (AvgIpc) is 3.33. The topological polar surface area (TPSA) is 37.4 Å². The van der Waals surface area contributed by atoms with Crippen molar-refractivity contribution >= 4 is 5.82 Å². The molecule has 0 radical (unpaired) electrons. The quantitative estimate of drug-likeness (QED) is 0.672. The lowest BCUT2D eigenvalue weighted by molar-refractivity contribution is 0.131. The third kappa shape index (κ3) is 5.64. The molecule has 1 heterocycles. The van der Waals surface area contributed by atoms with Crippen LogP contribution >= 0.6 is 0 Å². The molecule has 1 saturated carbocycles. The number of hydrogen-bond acceptors (Lipinski definition) is 4. The average molecular weight is 291 g/mol. The number of ether oxygens (including phenoxy) is 1. The van der Waals surface area contributed by atoms with Crippen LogP contribution in [0.5, 0.6) is 0 Å². The van der Waals surface area contributed by atoms with Gasteiger partial charge in [0.1, 0.15) is 5.82 Å². The molecule has 21 heavy (non-hydrogen) atoms. The number of hydrogen-bond donors (Lipinski definition) is 1. The molecule has 1 aliphatic rings. The number of likely N-dealkylation sites (N-methyl/N-ethyl adjacent to an activating group) is 1. The van der Waals surface area contributed by atoms with E-state index in [4.69, 9.17) is 4.74 Å². The Balaban J connectivity index is 1.80. The van der Waals surface area contributed by atoms with Crippen LogP contribution in [0.15, 0.2) is 18.3 Å². The number of pyridine rings is 1. The third-order valence-corrected chi connectivity index (χ3v) is 3.98. The van der Waals surface area contributed by atoms with Gasteiger partial charge in [0, 0.05) is 32.4 Å². The van der Waals surface area contributed by atoms with Crippen molar-refractivity contribution < 1.29 is 4.74 Å². The Labute approximate surface area is 128 Å².